The maximum Gasteiger partial charge on any atom is 0.254 e. The Balaban J connectivity index is 2.08. The Morgan fingerprint density at radius 2 is 1.95 bits per heavy atom. The van der Waals surface area contributed by atoms with Crippen LogP contribution in [-0.4, -0.2) is 29.0 Å². The Labute approximate surface area is 117 Å². The van der Waals surface area contributed by atoms with Gasteiger partial charge in [-0.25, -0.2) is 9.97 Å². The number of aromatic nitrogens is 3. The molecule has 0 aliphatic heterocycles. The lowest BCUT2D eigenvalue weighted by Gasteiger charge is -2.15. The molecule has 0 bridgehead atoms. The van der Waals surface area contributed by atoms with Crippen LogP contribution < -0.4 is 10.5 Å². The lowest BCUT2D eigenvalue weighted by molar-refractivity contribution is 0.657. The van der Waals surface area contributed by atoms with Crippen LogP contribution >= 0.6 is 0 Å². The summed E-state index contributed by atoms with van der Waals surface area (Å²) in [5.41, 5.74) is 2.49. The molecule has 0 amide bonds. The number of fused-ring (bicyclic) bond motifs is 1. The van der Waals surface area contributed by atoms with E-state index in [9.17, 15) is 4.79 Å². The Kier molecular flexibility index (Phi) is 3.26. The Morgan fingerprint density at radius 1 is 1.15 bits per heavy atom. The van der Waals surface area contributed by atoms with Gasteiger partial charge in [0.1, 0.15) is 11.5 Å². The zero-order chi connectivity index (χ0) is 14.1. The van der Waals surface area contributed by atoms with E-state index in [2.05, 4.69) is 15.0 Å². The molecule has 1 N–H and O–H groups in total. The molecule has 1 aliphatic carbocycles. The third-order valence-corrected chi connectivity index (χ3v) is 3.63. The van der Waals surface area contributed by atoms with Gasteiger partial charge in [0.05, 0.1) is 5.69 Å². The highest BCUT2D eigenvalue weighted by atomic mass is 16.1. The molecule has 2 aromatic rings. The topological polar surface area (TPSA) is 61.9 Å². The number of aromatic amines is 1. The van der Waals surface area contributed by atoms with E-state index in [1.54, 1.807) is 0 Å². The van der Waals surface area contributed by atoms with E-state index < -0.39 is 0 Å². The van der Waals surface area contributed by atoms with Crippen LogP contribution in [0.15, 0.2) is 23.0 Å². The minimum Gasteiger partial charge on any atom is -0.363 e. The van der Waals surface area contributed by atoms with Crippen LogP contribution in [0.2, 0.25) is 0 Å². The summed E-state index contributed by atoms with van der Waals surface area (Å²) in [7, 11) is 3.88. The predicted octanol–water partition coefficient (Wildman–Crippen LogP) is 1.78. The standard InChI is InChI=1S/C15H18N4O/c1-19(2)13-9-5-8-12(16-13)14-17-11-7-4-3-6-10(11)15(20)18-14/h5,8-9H,3-4,6-7H2,1-2H3,(H,17,18,20). The molecule has 3 rings (SSSR count). The average molecular weight is 270 g/mol. The highest BCUT2D eigenvalue weighted by Crippen LogP contribution is 2.20. The molecule has 0 atom stereocenters. The molecular weight excluding hydrogens is 252 g/mol. The van der Waals surface area contributed by atoms with Crippen molar-refractivity contribution in [1.82, 2.24) is 15.0 Å². The first-order valence-electron chi connectivity index (χ1n) is 6.92. The van der Waals surface area contributed by atoms with Gasteiger partial charge in [-0.05, 0) is 37.8 Å². The Morgan fingerprint density at radius 3 is 2.75 bits per heavy atom. The number of pyridine rings is 1. The first-order chi connectivity index (χ1) is 9.65. The second kappa shape index (κ2) is 5.07. The first kappa shape index (κ1) is 12.8. The molecule has 2 aromatic heterocycles. The predicted molar refractivity (Wildman–Crippen MR) is 79.1 cm³/mol. The van der Waals surface area contributed by atoms with Crippen molar-refractivity contribution in [2.45, 2.75) is 25.7 Å². The van der Waals surface area contributed by atoms with E-state index in [-0.39, 0.29) is 5.56 Å². The van der Waals surface area contributed by atoms with Crippen molar-refractivity contribution >= 4 is 5.82 Å². The molecule has 20 heavy (non-hydrogen) atoms. The molecule has 2 heterocycles. The van der Waals surface area contributed by atoms with Crippen molar-refractivity contribution in [3.8, 4) is 11.5 Å². The number of hydrogen-bond donors (Lipinski definition) is 1. The third-order valence-electron chi connectivity index (χ3n) is 3.63. The van der Waals surface area contributed by atoms with Crippen LogP contribution in [0.4, 0.5) is 5.82 Å². The smallest absolute Gasteiger partial charge is 0.254 e. The molecule has 0 spiro atoms. The zero-order valence-corrected chi connectivity index (χ0v) is 11.8. The fourth-order valence-electron chi connectivity index (χ4n) is 2.53. The maximum absolute atomic E-state index is 12.1. The summed E-state index contributed by atoms with van der Waals surface area (Å²) >= 11 is 0. The SMILES string of the molecule is CN(C)c1cccc(-c2nc3c(c(=O)[nH]2)CCCC3)n1. The van der Waals surface area contributed by atoms with E-state index in [1.807, 2.05) is 37.2 Å². The molecule has 0 fully saturated rings. The molecule has 0 radical (unpaired) electrons. The van der Waals surface area contributed by atoms with E-state index >= 15 is 0 Å². The van der Waals surface area contributed by atoms with Gasteiger partial charge >= 0.3 is 0 Å². The van der Waals surface area contributed by atoms with Gasteiger partial charge in [0.25, 0.3) is 5.56 Å². The molecule has 0 aromatic carbocycles. The van der Waals surface area contributed by atoms with Crippen LogP contribution in [0, 0.1) is 0 Å². The molecule has 0 unspecified atom stereocenters. The number of aryl methyl sites for hydroxylation is 1. The monoisotopic (exact) mass is 270 g/mol. The number of hydrogen-bond acceptors (Lipinski definition) is 4. The fourth-order valence-corrected chi connectivity index (χ4v) is 2.53. The summed E-state index contributed by atoms with van der Waals surface area (Å²) in [6.07, 6.45) is 3.91. The van der Waals surface area contributed by atoms with Crippen LogP contribution in [0.25, 0.3) is 11.5 Å². The van der Waals surface area contributed by atoms with Crippen molar-refractivity contribution in [2.75, 3.05) is 19.0 Å². The zero-order valence-electron chi connectivity index (χ0n) is 11.8. The van der Waals surface area contributed by atoms with E-state index in [4.69, 9.17) is 0 Å². The molecule has 1 aliphatic rings. The number of nitrogens with zero attached hydrogens (tertiary/aromatic N) is 3. The summed E-state index contributed by atoms with van der Waals surface area (Å²) < 4.78 is 0. The Bertz CT molecular complexity index is 691. The summed E-state index contributed by atoms with van der Waals surface area (Å²) in [6, 6.07) is 5.73. The number of rotatable bonds is 2. The van der Waals surface area contributed by atoms with Crippen molar-refractivity contribution in [1.29, 1.82) is 0 Å². The molecule has 5 heteroatoms. The van der Waals surface area contributed by atoms with Crippen molar-refractivity contribution < 1.29 is 0 Å². The summed E-state index contributed by atoms with van der Waals surface area (Å²) in [5, 5.41) is 0. The highest BCUT2D eigenvalue weighted by molar-refractivity contribution is 5.54. The molecule has 5 nitrogen and oxygen atoms in total. The third kappa shape index (κ3) is 2.31. The fraction of sp³-hybridized carbons (Fsp3) is 0.400. The average Bonchev–Trinajstić information content (AvgIpc) is 2.47. The van der Waals surface area contributed by atoms with Crippen molar-refractivity contribution in [3.63, 3.8) is 0 Å². The van der Waals surface area contributed by atoms with E-state index in [0.717, 1.165) is 42.8 Å². The van der Waals surface area contributed by atoms with Crippen LogP contribution in [0.5, 0.6) is 0 Å². The number of H-pyrrole nitrogens is 1. The second-order valence-electron chi connectivity index (χ2n) is 5.32. The maximum atomic E-state index is 12.1. The van der Waals surface area contributed by atoms with E-state index in [1.165, 1.54) is 0 Å². The Hall–Kier alpha value is -2.17. The quantitative estimate of drug-likeness (QED) is 0.903. The van der Waals surface area contributed by atoms with Crippen LogP contribution in [-0.2, 0) is 12.8 Å². The van der Waals surface area contributed by atoms with Gasteiger partial charge in [0.15, 0.2) is 5.82 Å². The summed E-state index contributed by atoms with van der Waals surface area (Å²) in [4.78, 5) is 26.1. The second-order valence-corrected chi connectivity index (χ2v) is 5.32. The molecule has 0 saturated carbocycles. The van der Waals surface area contributed by atoms with Crippen LogP contribution in [0.1, 0.15) is 24.1 Å². The molecular formula is C15H18N4O. The van der Waals surface area contributed by atoms with Gasteiger partial charge in [-0.1, -0.05) is 6.07 Å². The molecule has 104 valence electrons. The summed E-state index contributed by atoms with van der Waals surface area (Å²) in [5.74, 6) is 1.42. The minimum atomic E-state index is -0.0123. The largest absolute Gasteiger partial charge is 0.363 e. The van der Waals surface area contributed by atoms with Gasteiger partial charge in [-0.3, -0.25) is 4.79 Å². The lowest BCUT2D eigenvalue weighted by atomic mass is 9.97. The lowest BCUT2D eigenvalue weighted by Crippen LogP contribution is -2.22. The van der Waals surface area contributed by atoms with Gasteiger partial charge in [-0.2, -0.15) is 0 Å². The van der Waals surface area contributed by atoms with Crippen LogP contribution in [0.3, 0.4) is 0 Å². The number of anilines is 1. The van der Waals surface area contributed by atoms with Crippen molar-refractivity contribution in [3.05, 3.63) is 39.8 Å². The first-order valence-corrected chi connectivity index (χ1v) is 6.92. The van der Waals surface area contributed by atoms with Gasteiger partial charge < -0.3 is 9.88 Å². The highest BCUT2D eigenvalue weighted by Gasteiger charge is 2.16. The minimum absolute atomic E-state index is 0.0123. The summed E-state index contributed by atoms with van der Waals surface area (Å²) in [6.45, 7) is 0. The number of nitrogens with one attached hydrogen (secondary N) is 1. The van der Waals surface area contributed by atoms with Crippen molar-refractivity contribution in [2.24, 2.45) is 0 Å². The van der Waals surface area contributed by atoms with Gasteiger partial charge in [0.2, 0.25) is 0 Å². The van der Waals surface area contributed by atoms with E-state index in [0.29, 0.717) is 11.5 Å². The van der Waals surface area contributed by atoms with Gasteiger partial charge in [-0.15, -0.1) is 0 Å². The molecule has 0 saturated heterocycles. The normalized spacial score (nSPS) is 13.9. The van der Waals surface area contributed by atoms with Gasteiger partial charge in [0, 0.05) is 19.7 Å².